The van der Waals surface area contributed by atoms with Crippen molar-refractivity contribution in [3.8, 4) is 11.8 Å². The summed E-state index contributed by atoms with van der Waals surface area (Å²) in [6.07, 6.45) is 6.79. The van der Waals surface area contributed by atoms with Crippen LogP contribution in [0.25, 0.3) is 0 Å². The van der Waals surface area contributed by atoms with Crippen LogP contribution in [0.4, 0.5) is 0 Å². The molecule has 1 aliphatic heterocycles. The first-order chi connectivity index (χ1) is 7.30. The molecule has 2 heteroatoms. The average Bonchev–Trinajstić information content (AvgIpc) is 3.12. The van der Waals surface area contributed by atoms with Crippen molar-refractivity contribution < 1.29 is 9.53 Å². The maximum absolute atomic E-state index is 11.9. The molecule has 2 atom stereocenters. The largest absolute Gasteiger partial charge is 0.369 e. The number of ketones is 1. The first-order valence-corrected chi connectivity index (χ1v) is 5.99. The molecule has 0 bridgehead atoms. The first kappa shape index (κ1) is 9.42. The third-order valence-electron chi connectivity index (χ3n) is 3.79. The van der Waals surface area contributed by atoms with Crippen molar-refractivity contribution in [3.63, 3.8) is 0 Å². The van der Waals surface area contributed by atoms with Gasteiger partial charge in [0.25, 0.3) is 0 Å². The van der Waals surface area contributed by atoms with Crippen LogP contribution in [-0.4, -0.2) is 18.0 Å². The molecule has 0 aromatic rings. The van der Waals surface area contributed by atoms with E-state index in [9.17, 15) is 4.79 Å². The molecule has 1 heterocycles. The van der Waals surface area contributed by atoms with Crippen LogP contribution < -0.4 is 0 Å². The van der Waals surface area contributed by atoms with Crippen LogP contribution in [0.15, 0.2) is 0 Å². The number of hydrogen-bond acceptors (Lipinski definition) is 2. The van der Waals surface area contributed by atoms with Crippen LogP contribution in [0.5, 0.6) is 0 Å². The third kappa shape index (κ3) is 1.81. The Morgan fingerprint density at radius 3 is 2.73 bits per heavy atom. The standard InChI is InChI=1S/C13H16O2/c14-12(7-6-10-4-5-10)11-3-1-2-8-13(11)9-15-13/h10-11H,1-5,8-9H2. The van der Waals surface area contributed by atoms with E-state index in [1.165, 1.54) is 19.3 Å². The normalized spacial score (nSPS) is 38.3. The van der Waals surface area contributed by atoms with E-state index in [2.05, 4.69) is 11.8 Å². The lowest BCUT2D eigenvalue weighted by Gasteiger charge is -2.25. The van der Waals surface area contributed by atoms with E-state index in [-0.39, 0.29) is 17.3 Å². The number of Topliss-reactive ketones (excluding diaryl/α,β-unsaturated/α-hetero) is 1. The van der Waals surface area contributed by atoms with Gasteiger partial charge in [-0.2, -0.15) is 0 Å². The van der Waals surface area contributed by atoms with Crippen LogP contribution in [-0.2, 0) is 9.53 Å². The second kappa shape index (κ2) is 3.35. The van der Waals surface area contributed by atoms with E-state index in [1.807, 2.05) is 0 Å². The molecule has 0 amide bonds. The molecular weight excluding hydrogens is 188 g/mol. The SMILES string of the molecule is O=C(C#CC1CC1)C1CCCCC12CO2. The topological polar surface area (TPSA) is 29.6 Å². The van der Waals surface area contributed by atoms with E-state index < -0.39 is 0 Å². The molecule has 2 unspecified atom stereocenters. The predicted molar refractivity (Wildman–Crippen MR) is 56.1 cm³/mol. The summed E-state index contributed by atoms with van der Waals surface area (Å²) in [6.45, 7) is 0.786. The molecule has 1 saturated heterocycles. The molecule has 3 rings (SSSR count). The van der Waals surface area contributed by atoms with Crippen molar-refractivity contribution in [2.24, 2.45) is 11.8 Å². The highest BCUT2D eigenvalue weighted by Gasteiger charge is 2.54. The van der Waals surface area contributed by atoms with Gasteiger partial charge in [0.05, 0.1) is 12.5 Å². The minimum absolute atomic E-state index is 0.0758. The molecule has 1 spiro atoms. The van der Waals surface area contributed by atoms with Crippen LogP contribution >= 0.6 is 0 Å². The summed E-state index contributed by atoms with van der Waals surface area (Å²) < 4.78 is 5.50. The summed E-state index contributed by atoms with van der Waals surface area (Å²) in [4.78, 5) is 11.9. The third-order valence-corrected chi connectivity index (χ3v) is 3.79. The Bertz CT molecular complexity index is 339. The summed E-state index contributed by atoms with van der Waals surface area (Å²) in [6, 6.07) is 0. The quantitative estimate of drug-likeness (QED) is 0.371. The van der Waals surface area contributed by atoms with Crippen LogP contribution in [0.2, 0.25) is 0 Å². The van der Waals surface area contributed by atoms with Crippen molar-refractivity contribution in [2.75, 3.05) is 6.61 Å². The predicted octanol–water partition coefficient (Wildman–Crippen LogP) is 1.93. The van der Waals surface area contributed by atoms with Crippen molar-refractivity contribution in [3.05, 3.63) is 0 Å². The first-order valence-electron chi connectivity index (χ1n) is 5.99. The number of hydrogen-bond donors (Lipinski definition) is 0. The highest BCUT2D eigenvalue weighted by atomic mass is 16.6. The van der Waals surface area contributed by atoms with Gasteiger partial charge in [-0.1, -0.05) is 18.8 Å². The van der Waals surface area contributed by atoms with Crippen molar-refractivity contribution >= 4 is 5.78 Å². The Hall–Kier alpha value is -0.810. The van der Waals surface area contributed by atoms with Crippen molar-refractivity contribution in [1.82, 2.24) is 0 Å². The number of carbonyl (C=O) groups excluding carboxylic acids is 1. The van der Waals surface area contributed by atoms with Crippen LogP contribution in [0.3, 0.4) is 0 Å². The Kier molecular flexibility index (Phi) is 2.10. The van der Waals surface area contributed by atoms with Gasteiger partial charge in [-0.25, -0.2) is 0 Å². The highest BCUT2D eigenvalue weighted by molar-refractivity contribution is 5.98. The zero-order chi connectivity index (χ0) is 10.3. The Balaban J connectivity index is 1.69. The molecule has 2 nitrogen and oxygen atoms in total. The van der Waals surface area contributed by atoms with E-state index in [0.717, 1.165) is 25.9 Å². The summed E-state index contributed by atoms with van der Waals surface area (Å²) in [7, 11) is 0. The summed E-state index contributed by atoms with van der Waals surface area (Å²) in [5, 5.41) is 0. The lowest BCUT2D eigenvalue weighted by Crippen LogP contribution is -2.34. The maximum atomic E-state index is 11.9. The second-order valence-corrected chi connectivity index (χ2v) is 5.06. The van der Waals surface area contributed by atoms with Gasteiger partial charge < -0.3 is 4.74 Å². The van der Waals surface area contributed by atoms with Gasteiger partial charge in [-0.05, 0) is 31.6 Å². The fourth-order valence-corrected chi connectivity index (χ4v) is 2.51. The van der Waals surface area contributed by atoms with Crippen molar-refractivity contribution in [1.29, 1.82) is 0 Å². The zero-order valence-corrected chi connectivity index (χ0v) is 8.92. The minimum atomic E-state index is -0.0758. The Morgan fingerprint density at radius 1 is 1.27 bits per heavy atom. The van der Waals surface area contributed by atoms with Crippen LogP contribution in [0.1, 0.15) is 38.5 Å². The smallest absolute Gasteiger partial charge is 0.211 e. The summed E-state index contributed by atoms with van der Waals surface area (Å²) >= 11 is 0. The van der Waals surface area contributed by atoms with E-state index >= 15 is 0 Å². The molecule has 0 N–H and O–H groups in total. The Morgan fingerprint density at radius 2 is 2.07 bits per heavy atom. The maximum Gasteiger partial charge on any atom is 0.211 e. The zero-order valence-electron chi connectivity index (χ0n) is 8.92. The van der Waals surface area contributed by atoms with Gasteiger partial charge in [-0.15, -0.1) is 0 Å². The fraction of sp³-hybridized carbons (Fsp3) is 0.769. The summed E-state index contributed by atoms with van der Waals surface area (Å²) in [5.41, 5.74) is -0.0758. The number of ether oxygens (including phenoxy) is 1. The van der Waals surface area contributed by atoms with E-state index in [4.69, 9.17) is 4.74 Å². The molecular formula is C13H16O2. The lowest BCUT2D eigenvalue weighted by molar-refractivity contribution is -0.120. The van der Waals surface area contributed by atoms with Crippen molar-refractivity contribution in [2.45, 2.75) is 44.1 Å². The monoisotopic (exact) mass is 204 g/mol. The molecule has 15 heavy (non-hydrogen) atoms. The van der Waals surface area contributed by atoms with Gasteiger partial charge in [0, 0.05) is 5.92 Å². The highest BCUT2D eigenvalue weighted by Crippen LogP contribution is 2.46. The van der Waals surface area contributed by atoms with Gasteiger partial charge >= 0.3 is 0 Å². The molecule has 0 aromatic carbocycles. The van der Waals surface area contributed by atoms with Gasteiger partial charge in [0.15, 0.2) is 0 Å². The Labute approximate surface area is 90.4 Å². The van der Waals surface area contributed by atoms with E-state index in [0.29, 0.717) is 5.92 Å². The number of carbonyl (C=O) groups is 1. The number of epoxide rings is 1. The van der Waals surface area contributed by atoms with E-state index in [1.54, 1.807) is 0 Å². The average molecular weight is 204 g/mol. The molecule has 2 aliphatic carbocycles. The second-order valence-electron chi connectivity index (χ2n) is 5.06. The van der Waals surface area contributed by atoms with Gasteiger partial charge in [0.2, 0.25) is 5.78 Å². The molecule has 3 aliphatic rings. The minimum Gasteiger partial charge on any atom is -0.369 e. The van der Waals surface area contributed by atoms with Gasteiger partial charge in [0.1, 0.15) is 5.60 Å². The fourth-order valence-electron chi connectivity index (χ4n) is 2.51. The molecule has 80 valence electrons. The number of rotatable bonds is 1. The van der Waals surface area contributed by atoms with Crippen LogP contribution in [0, 0.1) is 23.7 Å². The summed E-state index contributed by atoms with van der Waals surface area (Å²) in [5.74, 6) is 6.65. The molecule has 3 fully saturated rings. The molecule has 2 saturated carbocycles. The van der Waals surface area contributed by atoms with Gasteiger partial charge in [-0.3, -0.25) is 4.79 Å². The molecule has 0 radical (unpaired) electrons. The molecule has 0 aromatic heterocycles. The lowest BCUT2D eigenvalue weighted by atomic mass is 9.77.